The van der Waals surface area contributed by atoms with Gasteiger partial charge in [-0.25, -0.2) is 0 Å². The summed E-state index contributed by atoms with van der Waals surface area (Å²) in [5.74, 6) is 0.760. The van der Waals surface area contributed by atoms with Crippen LogP contribution < -0.4 is 5.73 Å². The van der Waals surface area contributed by atoms with Gasteiger partial charge in [0, 0.05) is 18.1 Å². The Labute approximate surface area is 125 Å². The Morgan fingerprint density at radius 3 is 2.60 bits per heavy atom. The van der Waals surface area contributed by atoms with E-state index in [-0.39, 0.29) is 5.54 Å². The Bertz CT molecular complexity index is 292. The molecule has 0 amide bonds. The zero-order chi connectivity index (χ0) is 14.6. The van der Waals surface area contributed by atoms with Gasteiger partial charge < -0.3 is 10.6 Å². The van der Waals surface area contributed by atoms with E-state index in [9.17, 15) is 0 Å². The molecule has 3 heteroatoms. The zero-order valence-electron chi connectivity index (χ0n) is 13.9. The van der Waals surface area contributed by atoms with Crippen LogP contribution in [0.1, 0.15) is 59.3 Å². The highest BCUT2D eigenvalue weighted by molar-refractivity contribution is 5.00. The van der Waals surface area contributed by atoms with Crippen molar-refractivity contribution < 1.29 is 0 Å². The molecule has 0 bridgehead atoms. The van der Waals surface area contributed by atoms with Crippen LogP contribution in [0.15, 0.2) is 0 Å². The second-order valence-electron chi connectivity index (χ2n) is 7.27. The molecular formula is C17H35N3. The molecule has 2 fully saturated rings. The van der Waals surface area contributed by atoms with Gasteiger partial charge in [0.25, 0.3) is 0 Å². The fraction of sp³-hybridized carbons (Fsp3) is 1.00. The van der Waals surface area contributed by atoms with Crippen molar-refractivity contribution in [2.24, 2.45) is 11.7 Å². The summed E-state index contributed by atoms with van der Waals surface area (Å²) in [4.78, 5) is 5.46. The van der Waals surface area contributed by atoms with E-state index in [1.807, 2.05) is 0 Å². The highest BCUT2D eigenvalue weighted by atomic mass is 15.3. The van der Waals surface area contributed by atoms with Gasteiger partial charge in [-0.2, -0.15) is 0 Å². The minimum atomic E-state index is 0.286. The van der Waals surface area contributed by atoms with Crippen LogP contribution in [0.2, 0.25) is 0 Å². The van der Waals surface area contributed by atoms with Crippen LogP contribution in [0.4, 0.5) is 0 Å². The maximum Gasteiger partial charge on any atom is 0.0347 e. The first kappa shape index (κ1) is 16.3. The van der Waals surface area contributed by atoms with Crippen molar-refractivity contribution in [3.8, 4) is 0 Å². The fourth-order valence-electron chi connectivity index (χ4n) is 4.46. The first-order valence-electron chi connectivity index (χ1n) is 8.82. The van der Waals surface area contributed by atoms with Crippen molar-refractivity contribution in [3.63, 3.8) is 0 Å². The van der Waals surface area contributed by atoms with Crippen LogP contribution in [0.25, 0.3) is 0 Å². The van der Waals surface area contributed by atoms with E-state index >= 15 is 0 Å². The smallest absolute Gasteiger partial charge is 0.0347 e. The van der Waals surface area contributed by atoms with Crippen molar-refractivity contribution in [2.45, 2.75) is 70.9 Å². The van der Waals surface area contributed by atoms with Gasteiger partial charge in [-0.05, 0) is 70.6 Å². The van der Waals surface area contributed by atoms with E-state index in [0.29, 0.717) is 0 Å². The first-order chi connectivity index (χ1) is 9.63. The molecule has 0 radical (unpaired) electrons. The maximum absolute atomic E-state index is 6.31. The van der Waals surface area contributed by atoms with Crippen LogP contribution in [-0.4, -0.2) is 54.1 Å². The number of hydrogen-bond donors (Lipinski definition) is 1. The van der Waals surface area contributed by atoms with E-state index in [1.165, 1.54) is 64.7 Å². The average Bonchev–Trinajstić information content (AvgIpc) is 2.84. The normalized spacial score (nSPS) is 33.8. The van der Waals surface area contributed by atoms with E-state index in [2.05, 4.69) is 30.6 Å². The largest absolute Gasteiger partial charge is 0.329 e. The lowest BCUT2D eigenvalue weighted by Gasteiger charge is -2.45. The van der Waals surface area contributed by atoms with Crippen LogP contribution in [-0.2, 0) is 0 Å². The SMILES string of the molecule is CCCN1CCCC(CN)(N2CCCC2C(C)C)CC1. The molecule has 2 heterocycles. The molecule has 2 atom stereocenters. The highest BCUT2D eigenvalue weighted by Gasteiger charge is 2.43. The summed E-state index contributed by atoms with van der Waals surface area (Å²) < 4.78 is 0. The van der Waals surface area contributed by atoms with Crippen molar-refractivity contribution in [2.75, 3.05) is 32.7 Å². The highest BCUT2D eigenvalue weighted by Crippen LogP contribution is 2.36. The molecule has 0 saturated carbocycles. The van der Waals surface area contributed by atoms with E-state index in [1.54, 1.807) is 0 Å². The summed E-state index contributed by atoms with van der Waals surface area (Å²) in [7, 11) is 0. The van der Waals surface area contributed by atoms with Crippen molar-refractivity contribution in [1.29, 1.82) is 0 Å². The molecule has 2 rings (SSSR count). The molecule has 3 nitrogen and oxygen atoms in total. The third-order valence-electron chi connectivity index (χ3n) is 5.61. The third-order valence-corrected chi connectivity index (χ3v) is 5.61. The molecule has 2 aliphatic heterocycles. The number of nitrogens with zero attached hydrogens (tertiary/aromatic N) is 2. The van der Waals surface area contributed by atoms with Gasteiger partial charge in [0.2, 0.25) is 0 Å². The van der Waals surface area contributed by atoms with Crippen LogP contribution in [0.3, 0.4) is 0 Å². The first-order valence-corrected chi connectivity index (χ1v) is 8.82. The average molecular weight is 281 g/mol. The minimum absolute atomic E-state index is 0.286. The Kier molecular flexibility index (Phi) is 5.88. The predicted molar refractivity (Wildman–Crippen MR) is 86.9 cm³/mol. The van der Waals surface area contributed by atoms with Crippen molar-refractivity contribution in [3.05, 3.63) is 0 Å². The second-order valence-corrected chi connectivity index (χ2v) is 7.27. The molecule has 118 valence electrons. The Hall–Kier alpha value is -0.120. The summed E-state index contributed by atoms with van der Waals surface area (Å²) in [5.41, 5.74) is 6.59. The standard InChI is InChI=1S/C17H35N3/c1-4-10-19-11-6-8-17(14-18,9-13-19)20-12-5-7-16(20)15(2)3/h15-16H,4-14,18H2,1-3H3. The summed E-state index contributed by atoms with van der Waals surface area (Å²) in [6, 6.07) is 0.760. The van der Waals surface area contributed by atoms with Gasteiger partial charge in [0.05, 0.1) is 0 Å². The Morgan fingerprint density at radius 2 is 1.95 bits per heavy atom. The van der Waals surface area contributed by atoms with Gasteiger partial charge in [-0.1, -0.05) is 20.8 Å². The molecule has 0 aromatic heterocycles. The van der Waals surface area contributed by atoms with Crippen molar-refractivity contribution in [1.82, 2.24) is 9.80 Å². The molecule has 20 heavy (non-hydrogen) atoms. The zero-order valence-corrected chi connectivity index (χ0v) is 13.9. The van der Waals surface area contributed by atoms with E-state index in [0.717, 1.165) is 18.5 Å². The summed E-state index contributed by atoms with van der Waals surface area (Å²) in [5, 5.41) is 0. The topological polar surface area (TPSA) is 32.5 Å². The quantitative estimate of drug-likeness (QED) is 0.841. The van der Waals surface area contributed by atoms with Crippen LogP contribution in [0, 0.1) is 5.92 Å². The summed E-state index contributed by atoms with van der Waals surface area (Å²) in [6.45, 7) is 12.9. The van der Waals surface area contributed by atoms with Gasteiger partial charge >= 0.3 is 0 Å². The molecule has 0 aromatic carbocycles. The lowest BCUT2D eigenvalue weighted by atomic mass is 9.86. The molecule has 0 aromatic rings. The predicted octanol–water partition coefficient (Wildman–Crippen LogP) is 2.70. The molecule has 0 aliphatic carbocycles. The summed E-state index contributed by atoms with van der Waals surface area (Å²) in [6.07, 6.45) is 7.90. The van der Waals surface area contributed by atoms with Gasteiger partial charge in [0.1, 0.15) is 0 Å². The lowest BCUT2D eigenvalue weighted by molar-refractivity contribution is 0.0471. The monoisotopic (exact) mass is 281 g/mol. The van der Waals surface area contributed by atoms with E-state index in [4.69, 9.17) is 5.73 Å². The number of hydrogen-bond acceptors (Lipinski definition) is 3. The molecule has 2 N–H and O–H groups in total. The maximum atomic E-state index is 6.31. The minimum Gasteiger partial charge on any atom is -0.329 e. The van der Waals surface area contributed by atoms with Crippen LogP contribution >= 0.6 is 0 Å². The Morgan fingerprint density at radius 1 is 1.15 bits per heavy atom. The number of rotatable bonds is 5. The lowest BCUT2D eigenvalue weighted by Crippen LogP contribution is -2.57. The molecular weight excluding hydrogens is 246 g/mol. The Balaban J connectivity index is 2.08. The second kappa shape index (κ2) is 7.24. The molecule has 2 saturated heterocycles. The van der Waals surface area contributed by atoms with E-state index < -0.39 is 0 Å². The van der Waals surface area contributed by atoms with Gasteiger partial charge in [-0.3, -0.25) is 4.90 Å². The fourth-order valence-corrected chi connectivity index (χ4v) is 4.46. The molecule has 0 spiro atoms. The van der Waals surface area contributed by atoms with Crippen molar-refractivity contribution >= 4 is 0 Å². The molecule has 2 aliphatic rings. The van der Waals surface area contributed by atoms with Gasteiger partial charge in [-0.15, -0.1) is 0 Å². The van der Waals surface area contributed by atoms with Crippen LogP contribution in [0.5, 0.6) is 0 Å². The molecule has 2 unspecified atom stereocenters. The third kappa shape index (κ3) is 3.37. The summed E-state index contributed by atoms with van der Waals surface area (Å²) >= 11 is 0. The van der Waals surface area contributed by atoms with Gasteiger partial charge in [0.15, 0.2) is 0 Å². The number of likely N-dealkylation sites (tertiary alicyclic amines) is 2. The number of nitrogens with two attached hydrogens (primary N) is 1.